The molecule has 4 heteroatoms. The average Bonchev–Trinajstić information content (AvgIpc) is 3.27. The van der Waals surface area contributed by atoms with Crippen molar-refractivity contribution in [1.82, 2.24) is 0 Å². The standard InChI is InChI=1S/C30H29BO2Si/c1-29(2)30(3,4)33-31(32-29)22-18-20-24(21-19-22)34(23-12-6-5-7-13-23)27-16-10-8-14-25(27)26-15-9-11-17-28(26)34/h5-21H,1-4H3. The molecule has 0 atom stereocenters. The van der Waals surface area contributed by atoms with Crippen LogP contribution in [0.25, 0.3) is 11.1 Å². The second kappa shape index (κ2) is 7.54. The molecule has 34 heavy (non-hydrogen) atoms. The van der Waals surface area contributed by atoms with E-state index >= 15 is 0 Å². The molecule has 2 nitrogen and oxygen atoms in total. The lowest BCUT2D eigenvalue weighted by molar-refractivity contribution is 0.00578. The summed E-state index contributed by atoms with van der Waals surface area (Å²) < 4.78 is 12.7. The molecule has 1 saturated heterocycles. The van der Waals surface area contributed by atoms with Crippen molar-refractivity contribution in [3.63, 3.8) is 0 Å². The molecule has 0 aliphatic carbocycles. The Hall–Kier alpha value is -2.92. The third kappa shape index (κ3) is 2.96. The maximum Gasteiger partial charge on any atom is 0.494 e. The van der Waals surface area contributed by atoms with E-state index in [0.29, 0.717) is 0 Å². The van der Waals surface area contributed by atoms with Crippen molar-refractivity contribution >= 4 is 41.4 Å². The van der Waals surface area contributed by atoms with Crippen molar-refractivity contribution in [3.8, 4) is 11.1 Å². The van der Waals surface area contributed by atoms with E-state index in [1.54, 1.807) is 0 Å². The van der Waals surface area contributed by atoms with Gasteiger partial charge in [-0.25, -0.2) is 0 Å². The summed E-state index contributed by atoms with van der Waals surface area (Å²) in [7, 11) is -2.78. The fourth-order valence-electron chi connectivity index (χ4n) is 5.58. The van der Waals surface area contributed by atoms with Crippen LogP contribution < -0.4 is 26.2 Å². The highest BCUT2D eigenvalue weighted by Crippen LogP contribution is 2.36. The second-order valence-electron chi connectivity index (χ2n) is 10.4. The van der Waals surface area contributed by atoms with Crippen LogP contribution in [0.15, 0.2) is 103 Å². The fourth-order valence-corrected chi connectivity index (χ4v) is 10.7. The van der Waals surface area contributed by atoms with Crippen LogP contribution in [-0.4, -0.2) is 26.4 Å². The first-order chi connectivity index (χ1) is 16.3. The van der Waals surface area contributed by atoms with Gasteiger partial charge in [-0.05, 0) is 65.0 Å². The predicted octanol–water partition coefficient (Wildman–Crippen LogP) is 3.34. The van der Waals surface area contributed by atoms with Crippen molar-refractivity contribution in [2.45, 2.75) is 38.9 Å². The topological polar surface area (TPSA) is 18.5 Å². The molecule has 4 aromatic rings. The summed E-state index contributed by atoms with van der Waals surface area (Å²) in [5, 5.41) is 5.73. The van der Waals surface area contributed by atoms with Gasteiger partial charge in [-0.3, -0.25) is 0 Å². The first-order valence-corrected chi connectivity index (χ1v) is 14.1. The molecule has 1 fully saturated rings. The molecule has 0 unspecified atom stereocenters. The van der Waals surface area contributed by atoms with E-state index in [9.17, 15) is 0 Å². The summed E-state index contributed by atoms with van der Waals surface area (Å²) in [6.07, 6.45) is 0. The molecule has 0 spiro atoms. The second-order valence-corrected chi connectivity index (χ2v) is 14.1. The predicted molar refractivity (Wildman–Crippen MR) is 145 cm³/mol. The van der Waals surface area contributed by atoms with E-state index in [0.717, 1.165) is 5.46 Å². The normalized spacial score (nSPS) is 19.0. The van der Waals surface area contributed by atoms with Crippen molar-refractivity contribution < 1.29 is 9.31 Å². The minimum Gasteiger partial charge on any atom is -0.399 e. The maximum absolute atomic E-state index is 6.33. The molecule has 0 aromatic heterocycles. The van der Waals surface area contributed by atoms with E-state index in [-0.39, 0.29) is 18.3 Å². The fraction of sp³-hybridized carbons (Fsp3) is 0.200. The molecule has 0 N–H and O–H groups in total. The Morgan fingerprint density at radius 2 is 0.971 bits per heavy atom. The first-order valence-electron chi connectivity index (χ1n) is 12.1. The summed E-state index contributed by atoms with van der Waals surface area (Å²) in [4.78, 5) is 0. The van der Waals surface area contributed by atoms with Crippen LogP contribution in [0.2, 0.25) is 0 Å². The van der Waals surface area contributed by atoms with Gasteiger partial charge >= 0.3 is 7.12 Å². The zero-order valence-electron chi connectivity index (χ0n) is 20.2. The van der Waals surface area contributed by atoms with Gasteiger partial charge in [-0.2, -0.15) is 0 Å². The lowest BCUT2D eigenvalue weighted by atomic mass is 9.79. The van der Waals surface area contributed by atoms with E-state index in [2.05, 4.69) is 131 Å². The number of fused-ring (bicyclic) bond motifs is 3. The zero-order chi connectivity index (χ0) is 23.6. The SMILES string of the molecule is CC1(C)OB(c2ccc([Si]3(c4ccccc4)c4ccccc4-c4ccccc43)cc2)OC1(C)C. The van der Waals surface area contributed by atoms with Crippen LogP contribution in [0.3, 0.4) is 0 Å². The summed E-state index contributed by atoms with van der Waals surface area (Å²) in [6.45, 7) is 8.41. The Bertz CT molecular complexity index is 1300. The molecule has 0 saturated carbocycles. The smallest absolute Gasteiger partial charge is 0.399 e. The third-order valence-electron chi connectivity index (χ3n) is 8.03. The zero-order valence-corrected chi connectivity index (χ0v) is 21.2. The maximum atomic E-state index is 6.33. The third-order valence-corrected chi connectivity index (χ3v) is 12.9. The molecule has 0 amide bonds. The minimum atomic E-state index is -2.43. The van der Waals surface area contributed by atoms with Crippen molar-refractivity contribution in [2.24, 2.45) is 0 Å². The quantitative estimate of drug-likeness (QED) is 0.385. The Labute approximate surface area is 203 Å². The monoisotopic (exact) mass is 460 g/mol. The van der Waals surface area contributed by atoms with Gasteiger partial charge in [0.15, 0.2) is 8.07 Å². The molecule has 4 aromatic carbocycles. The molecular weight excluding hydrogens is 431 g/mol. The summed E-state index contributed by atoms with van der Waals surface area (Å²) in [6, 6.07) is 38.1. The van der Waals surface area contributed by atoms with Gasteiger partial charge in [-0.1, -0.05) is 103 Å². The van der Waals surface area contributed by atoms with Crippen LogP contribution in [-0.2, 0) is 9.31 Å². The average molecular weight is 460 g/mol. The largest absolute Gasteiger partial charge is 0.494 e. The highest BCUT2D eigenvalue weighted by Gasteiger charge is 2.52. The van der Waals surface area contributed by atoms with Gasteiger partial charge in [0.25, 0.3) is 0 Å². The highest BCUT2D eigenvalue weighted by molar-refractivity contribution is 7.22. The van der Waals surface area contributed by atoms with Gasteiger partial charge in [0.05, 0.1) is 11.2 Å². The molecule has 2 aliphatic rings. The molecule has 0 radical (unpaired) electrons. The van der Waals surface area contributed by atoms with Crippen LogP contribution >= 0.6 is 0 Å². The first kappa shape index (κ1) is 21.6. The van der Waals surface area contributed by atoms with Crippen LogP contribution in [0.4, 0.5) is 0 Å². The molecule has 0 bridgehead atoms. The Balaban J connectivity index is 1.54. The van der Waals surface area contributed by atoms with Gasteiger partial charge in [0.2, 0.25) is 0 Å². The van der Waals surface area contributed by atoms with Gasteiger partial charge in [0, 0.05) is 0 Å². The molecule has 2 aliphatic heterocycles. The molecular formula is C30H29BO2Si. The van der Waals surface area contributed by atoms with E-state index in [4.69, 9.17) is 9.31 Å². The number of rotatable bonds is 3. The Morgan fingerprint density at radius 3 is 1.50 bits per heavy atom. The Morgan fingerprint density at radius 1 is 0.529 bits per heavy atom. The molecule has 2 heterocycles. The summed E-state index contributed by atoms with van der Waals surface area (Å²) >= 11 is 0. The number of hydrogen-bond donors (Lipinski definition) is 0. The number of benzene rings is 4. The van der Waals surface area contributed by atoms with E-state index in [1.165, 1.54) is 31.9 Å². The molecule has 168 valence electrons. The lowest BCUT2D eigenvalue weighted by Crippen LogP contribution is -2.72. The van der Waals surface area contributed by atoms with Crippen LogP contribution in [0.1, 0.15) is 27.7 Å². The van der Waals surface area contributed by atoms with Crippen LogP contribution in [0, 0.1) is 0 Å². The van der Waals surface area contributed by atoms with Crippen molar-refractivity contribution in [1.29, 1.82) is 0 Å². The molecule has 6 rings (SSSR count). The number of hydrogen-bond acceptors (Lipinski definition) is 2. The van der Waals surface area contributed by atoms with E-state index < -0.39 is 8.07 Å². The minimum absolute atomic E-state index is 0.348. The van der Waals surface area contributed by atoms with Gasteiger partial charge in [0.1, 0.15) is 0 Å². The lowest BCUT2D eigenvalue weighted by Gasteiger charge is -2.32. The van der Waals surface area contributed by atoms with Crippen LogP contribution in [0.5, 0.6) is 0 Å². The Kier molecular flexibility index (Phi) is 4.79. The van der Waals surface area contributed by atoms with Gasteiger partial charge in [-0.15, -0.1) is 0 Å². The van der Waals surface area contributed by atoms with Gasteiger partial charge < -0.3 is 9.31 Å². The van der Waals surface area contributed by atoms with E-state index in [1.807, 2.05) is 0 Å². The van der Waals surface area contributed by atoms with Crippen molar-refractivity contribution in [2.75, 3.05) is 0 Å². The van der Waals surface area contributed by atoms with Crippen molar-refractivity contribution in [3.05, 3.63) is 103 Å². The summed E-state index contributed by atoms with van der Waals surface area (Å²) in [5.74, 6) is 0. The highest BCUT2D eigenvalue weighted by atomic mass is 28.3. The summed E-state index contributed by atoms with van der Waals surface area (Å²) in [5.41, 5.74) is 3.10.